The normalized spacial score (nSPS) is 10.6. The first-order chi connectivity index (χ1) is 22.3. The minimum Gasteiger partial charge on any atom is -0.542 e. The molecule has 6 aromatic rings. The van der Waals surface area contributed by atoms with E-state index in [9.17, 15) is 29.4 Å². The van der Waals surface area contributed by atoms with E-state index in [-0.39, 0.29) is 112 Å². The van der Waals surface area contributed by atoms with Gasteiger partial charge in [0.15, 0.2) is 28.5 Å². The molecule has 4 aromatic heterocycles. The van der Waals surface area contributed by atoms with E-state index in [0.29, 0.717) is 11.4 Å². The molecule has 0 saturated carbocycles. The van der Waals surface area contributed by atoms with Crippen LogP contribution in [0.2, 0.25) is 0 Å². The van der Waals surface area contributed by atoms with Gasteiger partial charge in [-0.25, -0.2) is 4.98 Å². The Morgan fingerprint density at radius 2 is 1.25 bits per heavy atom. The molecule has 0 fully saturated rings. The Labute approximate surface area is 313 Å². The SMILES string of the molecule is O=C([O-])c1cc(=O)c2c(OCC(COc3cccc4oc(C(=O)[O-])cc(=O)c34)Oc3nccc(-c4ccccn4)n3)cccc2o1.[Na+].[Na+]. The third kappa shape index (κ3) is 8.10. The van der Waals surface area contributed by atoms with Crippen LogP contribution in [0, 0.1) is 0 Å². The van der Waals surface area contributed by atoms with Crippen LogP contribution in [0.3, 0.4) is 0 Å². The van der Waals surface area contributed by atoms with Crippen LogP contribution >= 0.6 is 0 Å². The van der Waals surface area contributed by atoms with Gasteiger partial charge in [-0.1, -0.05) is 18.2 Å². The number of pyridine rings is 1. The van der Waals surface area contributed by atoms with Gasteiger partial charge in [0.1, 0.15) is 58.6 Å². The van der Waals surface area contributed by atoms with Crippen LogP contribution in [0.25, 0.3) is 33.3 Å². The molecule has 0 spiro atoms. The summed E-state index contributed by atoms with van der Waals surface area (Å²) in [6.45, 7) is -0.516. The first-order valence-corrected chi connectivity index (χ1v) is 13.5. The standard InChI is InChI=1S/C32H21N3O11.2Na/c36-20-13-26(30(38)39)45-24-8-3-6-22(28(20)24)42-15-17(44-32-34-12-10-19(35-32)18-5-1-2-11-33-18)16-43-23-7-4-9-25-29(23)21(37)14-27(46-25)31(40)41;;/h1-14,17H,15-16H2,(H,38,39)(H,40,41);;/q;2*+1/p-2. The quantitative estimate of drug-likeness (QED) is 0.119. The summed E-state index contributed by atoms with van der Waals surface area (Å²) < 4.78 is 28.5. The third-order valence-electron chi connectivity index (χ3n) is 6.52. The zero-order chi connectivity index (χ0) is 32.2. The minimum absolute atomic E-state index is 0. The first kappa shape index (κ1) is 36.3. The summed E-state index contributed by atoms with van der Waals surface area (Å²) in [5, 5.41) is 22.5. The molecule has 0 aliphatic rings. The van der Waals surface area contributed by atoms with Gasteiger partial charge in [-0.05, 0) is 42.5 Å². The maximum atomic E-state index is 12.8. The van der Waals surface area contributed by atoms with Gasteiger partial charge in [0.25, 0.3) is 0 Å². The summed E-state index contributed by atoms with van der Waals surface area (Å²) >= 11 is 0. The third-order valence-corrected chi connectivity index (χ3v) is 6.52. The van der Waals surface area contributed by atoms with Gasteiger partial charge in [0, 0.05) is 24.5 Å². The van der Waals surface area contributed by atoms with Gasteiger partial charge < -0.3 is 42.8 Å². The summed E-state index contributed by atoms with van der Waals surface area (Å²) in [5.74, 6) is -4.45. The van der Waals surface area contributed by atoms with Crippen molar-refractivity contribution in [2.24, 2.45) is 0 Å². The number of carboxylic acids is 2. The molecule has 0 radical (unpaired) electrons. The zero-order valence-electron chi connectivity index (χ0n) is 25.4. The summed E-state index contributed by atoms with van der Waals surface area (Å²) in [4.78, 5) is 60.9. The molecule has 0 aliphatic carbocycles. The van der Waals surface area contributed by atoms with E-state index in [1.165, 1.54) is 42.6 Å². The molecule has 0 N–H and O–H groups in total. The predicted molar refractivity (Wildman–Crippen MR) is 154 cm³/mol. The topological polar surface area (TPSA) is 207 Å². The number of aromatic nitrogens is 3. The maximum Gasteiger partial charge on any atom is 1.00 e. The Balaban J connectivity index is 0.00000260. The Bertz CT molecular complexity index is 2110. The van der Waals surface area contributed by atoms with Crippen LogP contribution in [-0.2, 0) is 0 Å². The maximum absolute atomic E-state index is 12.8. The molecular weight excluding hydrogens is 648 g/mol. The van der Waals surface area contributed by atoms with Crippen molar-refractivity contribution in [3.05, 3.63) is 117 Å². The van der Waals surface area contributed by atoms with E-state index < -0.39 is 40.4 Å². The predicted octanol–water partition coefficient (Wildman–Crippen LogP) is -4.61. The van der Waals surface area contributed by atoms with Crippen LogP contribution in [-0.4, -0.2) is 46.2 Å². The van der Waals surface area contributed by atoms with E-state index in [1.807, 2.05) is 0 Å². The van der Waals surface area contributed by atoms with E-state index in [4.69, 9.17) is 23.0 Å². The van der Waals surface area contributed by atoms with Gasteiger partial charge in [-0.2, -0.15) is 4.98 Å². The fourth-order valence-electron chi connectivity index (χ4n) is 4.48. The van der Waals surface area contributed by atoms with Crippen LogP contribution in [0.1, 0.15) is 21.1 Å². The fraction of sp³-hybridized carbons (Fsp3) is 0.0938. The molecule has 2 aromatic carbocycles. The molecule has 0 aliphatic heterocycles. The number of carboxylic acid groups (broad SMARTS) is 2. The van der Waals surface area contributed by atoms with Crippen LogP contribution in [0.4, 0.5) is 0 Å². The molecule has 6 rings (SSSR count). The Kier molecular flexibility index (Phi) is 12.1. The number of hydrogen-bond donors (Lipinski definition) is 0. The molecule has 0 amide bonds. The molecule has 16 heteroatoms. The smallest absolute Gasteiger partial charge is 0.542 e. The number of ether oxygens (including phenoxy) is 3. The molecule has 0 unspecified atom stereocenters. The second kappa shape index (κ2) is 16.0. The second-order valence-corrected chi connectivity index (χ2v) is 9.58. The van der Waals surface area contributed by atoms with Crippen molar-refractivity contribution in [2.75, 3.05) is 13.2 Å². The number of hydrogen-bond acceptors (Lipinski definition) is 14. The van der Waals surface area contributed by atoms with Crippen molar-refractivity contribution in [2.45, 2.75) is 6.10 Å². The van der Waals surface area contributed by atoms with Crippen molar-refractivity contribution in [3.8, 4) is 28.9 Å². The van der Waals surface area contributed by atoms with Gasteiger partial charge in [-0.15, -0.1) is 0 Å². The molecule has 4 heterocycles. The van der Waals surface area contributed by atoms with Gasteiger partial charge >= 0.3 is 65.1 Å². The number of fused-ring (bicyclic) bond motifs is 2. The van der Waals surface area contributed by atoms with Crippen LogP contribution < -0.4 is 94.4 Å². The van der Waals surface area contributed by atoms with Gasteiger partial charge in [0.05, 0.1) is 11.4 Å². The summed E-state index contributed by atoms with van der Waals surface area (Å²) in [7, 11) is 0. The number of benzene rings is 2. The van der Waals surface area contributed by atoms with Crippen molar-refractivity contribution in [1.29, 1.82) is 0 Å². The van der Waals surface area contributed by atoms with Gasteiger partial charge in [-0.3, -0.25) is 14.6 Å². The molecule has 0 saturated heterocycles. The van der Waals surface area contributed by atoms with Crippen molar-refractivity contribution in [1.82, 2.24) is 15.0 Å². The second-order valence-electron chi connectivity index (χ2n) is 9.58. The minimum atomic E-state index is -1.65. The number of carbonyl (C=O) groups is 2. The Morgan fingerprint density at radius 1 is 0.688 bits per heavy atom. The number of aromatic carboxylic acids is 2. The van der Waals surface area contributed by atoms with Crippen LogP contribution in [0.5, 0.6) is 17.5 Å². The molecular formula is C32H19N3Na2O11. The Hall–Kier alpha value is -4.57. The fourth-order valence-corrected chi connectivity index (χ4v) is 4.48. The number of rotatable bonds is 11. The monoisotopic (exact) mass is 667 g/mol. The average Bonchev–Trinajstić information content (AvgIpc) is 3.06. The largest absolute Gasteiger partial charge is 1.00 e. The van der Waals surface area contributed by atoms with Crippen LogP contribution in [0.15, 0.2) is 104 Å². The summed E-state index contributed by atoms with van der Waals surface area (Å²) in [5.41, 5.74) is -0.387. The zero-order valence-corrected chi connectivity index (χ0v) is 29.4. The molecule has 230 valence electrons. The molecule has 48 heavy (non-hydrogen) atoms. The molecule has 0 atom stereocenters. The Morgan fingerprint density at radius 3 is 1.75 bits per heavy atom. The van der Waals surface area contributed by atoms with E-state index in [1.54, 1.807) is 30.5 Å². The van der Waals surface area contributed by atoms with E-state index in [0.717, 1.165) is 12.1 Å². The van der Waals surface area contributed by atoms with Crippen molar-refractivity contribution >= 4 is 33.9 Å². The van der Waals surface area contributed by atoms with E-state index in [2.05, 4.69) is 15.0 Å². The first-order valence-electron chi connectivity index (χ1n) is 13.5. The van der Waals surface area contributed by atoms with Crippen molar-refractivity contribution < 1.29 is 102 Å². The number of carbonyl (C=O) groups excluding carboxylic acids is 2. The summed E-state index contributed by atoms with van der Waals surface area (Å²) in [6.07, 6.45) is 2.10. The summed E-state index contributed by atoms with van der Waals surface area (Å²) in [6, 6.07) is 17.2. The van der Waals surface area contributed by atoms with Gasteiger partial charge in [0.2, 0.25) is 0 Å². The average molecular weight is 667 g/mol. The van der Waals surface area contributed by atoms with Crippen molar-refractivity contribution in [3.63, 3.8) is 0 Å². The number of nitrogens with zero attached hydrogens (tertiary/aromatic N) is 3. The molecule has 14 nitrogen and oxygen atoms in total. The van der Waals surface area contributed by atoms with E-state index >= 15 is 0 Å². The molecule has 0 bridgehead atoms.